The van der Waals surface area contributed by atoms with Gasteiger partial charge < -0.3 is 9.72 Å². The highest BCUT2D eigenvalue weighted by molar-refractivity contribution is 7.71. The zero-order valence-electron chi connectivity index (χ0n) is 11.9. The molecule has 0 atom stereocenters. The number of thiazole rings is 1. The molecule has 3 heterocycles. The van der Waals surface area contributed by atoms with E-state index in [-0.39, 0.29) is 5.91 Å². The number of morpholine rings is 1. The molecule has 0 saturated carbocycles. The van der Waals surface area contributed by atoms with Crippen LogP contribution in [-0.4, -0.2) is 47.1 Å². The van der Waals surface area contributed by atoms with E-state index >= 15 is 0 Å². The number of H-pyrrole nitrogens is 1. The Labute approximate surface area is 137 Å². The molecule has 6 nitrogen and oxygen atoms in total. The van der Waals surface area contributed by atoms with Gasteiger partial charge in [0.25, 0.3) is 5.91 Å². The Balaban J connectivity index is 1.63. The predicted octanol–water partition coefficient (Wildman–Crippen LogP) is 2.29. The minimum Gasteiger partial charge on any atom is -0.379 e. The van der Waals surface area contributed by atoms with Crippen LogP contribution in [0.15, 0.2) is 23.7 Å². The van der Waals surface area contributed by atoms with E-state index in [0.717, 1.165) is 38.5 Å². The van der Waals surface area contributed by atoms with Crippen molar-refractivity contribution in [2.45, 2.75) is 6.54 Å². The summed E-state index contributed by atoms with van der Waals surface area (Å²) in [6, 6.07) is 3.44. The third-order valence-corrected chi connectivity index (χ3v) is 4.47. The average Bonchev–Trinajstić information content (AvgIpc) is 2.95. The molecule has 1 aliphatic rings. The number of aromatic nitrogens is 2. The number of hydrogen-bond acceptors (Lipinski definition) is 6. The molecule has 8 heteroatoms. The van der Waals surface area contributed by atoms with Crippen molar-refractivity contribution in [3.05, 3.63) is 39.6 Å². The third-order valence-electron chi connectivity index (χ3n) is 3.32. The van der Waals surface area contributed by atoms with Gasteiger partial charge in [0.2, 0.25) is 0 Å². The number of ether oxygens (including phenoxy) is 1. The smallest absolute Gasteiger partial charge is 0.260 e. The van der Waals surface area contributed by atoms with Crippen molar-refractivity contribution < 1.29 is 9.53 Å². The SMILES string of the molecule is O=C(Nc1nc(CN2CCOCC2)cs1)c1ccc[nH]c1=S. The zero-order chi connectivity index (χ0) is 15.4. The fourth-order valence-corrected chi connectivity index (χ4v) is 3.12. The number of amides is 1. The fraction of sp³-hybridized carbons (Fsp3) is 0.357. The normalized spacial score (nSPS) is 15.6. The van der Waals surface area contributed by atoms with Crippen molar-refractivity contribution in [2.24, 2.45) is 0 Å². The lowest BCUT2D eigenvalue weighted by Crippen LogP contribution is -2.35. The molecule has 0 unspecified atom stereocenters. The standard InChI is InChI=1S/C14H16N4O2S2/c19-12(11-2-1-3-15-13(11)21)17-14-16-10(9-22-14)8-18-4-6-20-7-5-18/h1-3,9H,4-8H2,(H,15,21)(H,16,17,19). The first kappa shape index (κ1) is 15.3. The Morgan fingerprint density at radius 2 is 2.32 bits per heavy atom. The predicted molar refractivity (Wildman–Crippen MR) is 87.8 cm³/mol. The van der Waals surface area contributed by atoms with Gasteiger partial charge in [0.05, 0.1) is 24.5 Å². The van der Waals surface area contributed by atoms with Crippen molar-refractivity contribution in [1.82, 2.24) is 14.9 Å². The summed E-state index contributed by atoms with van der Waals surface area (Å²) in [6.07, 6.45) is 1.70. The van der Waals surface area contributed by atoms with Crippen LogP contribution in [0.2, 0.25) is 0 Å². The Morgan fingerprint density at radius 1 is 1.50 bits per heavy atom. The number of carbonyl (C=O) groups is 1. The average molecular weight is 336 g/mol. The summed E-state index contributed by atoms with van der Waals surface area (Å²) in [6.45, 7) is 4.14. The highest BCUT2D eigenvalue weighted by Crippen LogP contribution is 2.18. The maximum absolute atomic E-state index is 12.2. The number of anilines is 1. The van der Waals surface area contributed by atoms with Gasteiger partial charge in [0.1, 0.15) is 4.64 Å². The zero-order valence-corrected chi connectivity index (χ0v) is 13.5. The van der Waals surface area contributed by atoms with E-state index in [1.807, 2.05) is 5.38 Å². The molecule has 1 fully saturated rings. The summed E-state index contributed by atoms with van der Waals surface area (Å²) in [5.41, 5.74) is 1.41. The third kappa shape index (κ3) is 3.77. The van der Waals surface area contributed by atoms with Crippen LogP contribution < -0.4 is 5.32 Å². The Bertz CT molecular complexity index is 707. The van der Waals surface area contributed by atoms with Crippen LogP contribution >= 0.6 is 23.6 Å². The van der Waals surface area contributed by atoms with Crippen LogP contribution in [0.5, 0.6) is 0 Å². The fourth-order valence-electron chi connectivity index (χ4n) is 2.19. The molecule has 22 heavy (non-hydrogen) atoms. The number of nitrogens with zero attached hydrogens (tertiary/aromatic N) is 2. The molecule has 1 aliphatic heterocycles. The van der Waals surface area contributed by atoms with E-state index in [1.54, 1.807) is 18.3 Å². The van der Waals surface area contributed by atoms with Gasteiger partial charge in [0.15, 0.2) is 5.13 Å². The van der Waals surface area contributed by atoms with Crippen LogP contribution in [0.25, 0.3) is 0 Å². The molecule has 2 aromatic rings. The molecular weight excluding hydrogens is 320 g/mol. The molecule has 1 amide bonds. The topological polar surface area (TPSA) is 70.2 Å². The molecule has 0 aromatic carbocycles. The molecule has 1 saturated heterocycles. The van der Waals surface area contributed by atoms with E-state index in [4.69, 9.17) is 17.0 Å². The van der Waals surface area contributed by atoms with Gasteiger partial charge in [0, 0.05) is 31.2 Å². The summed E-state index contributed by atoms with van der Waals surface area (Å²) in [5, 5.41) is 5.35. The van der Waals surface area contributed by atoms with Gasteiger partial charge in [-0.2, -0.15) is 0 Å². The first-order valence-corrected chi connectivity index (χ1v) is 8.25. The first-order chi connectivity index (χ1) is 10.7. The van der Waals surface area contributed by atoms with Crippen LogP contribution in [-0.2, 0) is 11.3 Å². The minimum atomic E-state index is -0.242. The summed E-state index contributed by atoms with van der Waals surface area (Å²) in [7, 11) is 0. The van der Waals surface area contributed by atoms with Crippen molar-refractivity contribution in [2.75, 3.05) is 31.6 Å². The Morgan fingerprint density at radius 3 is 3.09 bits per heavy atom. The van der Waals surface area contributed by atoms with Crippen molar-refractivity contribution >= 4 is 34.6 Å². The van der Waals surface area contributed by atoms with Crippen molar-refractivity contribution in [1.29, 1.82) is 0 Å². The molecule has 0 spiro atoms. The lowest BCUT2D eigenvalue weighted by molar-refractivity contribution is 0.0337. The number of pyridine rings is 1. The molecule has 3 rings (SSSR count). The molecule has 0 radical (unpaired) electrons. The Kier molecular flexibility index (Phi) is 4.94. The van der Waals surface area contributed by atoms with E-state index < -0.39 is 0 Å². The second-order valence-electron chi connectivity index (χ2n) is 4.90. The largest absolute Gasteiger partial charge is 0.379 e. The number of hydrogen-bond donors (Lipinski definition) is 2. The second-order valence-corrected chi connectivity index (χ2v) is 6.17. The monoisotopic (exact) mass is 336 g/mol. The highest BCUT2D eigenvalue weighted by atomic mass is 32.1. The van der Waals surface area contributed by atoms with Gasteiger partial charge in [-0.1, -0.05) is 12.2 Å². The van der Waals surface area contributed by atoms with E-state index in [1.165, 1.54) is 11.3 Å². The lowest BCUT2D eigenvalue weighted by atomic mass is 10.3. The second kappa shape index (κ2) is 7.10. The Hall–Kier alpha value is -1.61. The van der Waals surface area contributed by atoms with Gasteiger partial charge in [-0.3, -0.25) is 15.0 Å². The van der Waals surface area contributed by atoms with E-state index in [9.17, 15) is 4.79 Å². The van der Waals surface area contributed by atoms with Crippen LogP contribution in [0.3, 0.4) is 0 Å². The van der Waals surface area contributed by atoms with Gasteiger partial charge in [-0.05, 0) is 12.1 Å². The quantitative estimate of drug-likeness (QED) is 0.838. The van der Waals surface area contributed by atoms with Crippen molar-refractivity contribution in [3.63, 3.8) is 0 Å². The minimum absolute atomic E-state index is 0.242. The van der Waals surface area contributed by atoms with Crippen LogP contribution in [0.4, 0.5) is 5.13 Å². The molecule has 2 aromatic heterocycles. The van der Waals surface area contributed by atoms with Crippen LogP contribution in [0.1, 0.15) is 16.1 Å². The van der Waals surface area contributed by atoms with Crippen molar-refractivity contribution in [3.8, 4) is 0 Å². The van der Waals surface area contributed by atoms with E-state index in [2.05, 4.69) is 20.2 Å². The number of rotatable bonds is 4. The first-order valence-electron chi connectivity index (χ1n) is 6.96. The molecule has 0 aliphatic carbocycles. The summed E-state index contributed by atoms with van der Waals surface area (Å²) in [4.78, 5) is 21.8. The number of aromatic amines is 1. The maximum Gasteiger partial charge on any atom is 0.260 e. The number of nitrogens with one attached hydrogen (secondary N) is 2. The van der Waals surface area contributed by atoms with E-state index in [0.29, 0.717) is 15.3 Å². The van der Waals surface area contributed by atoms with Gasteiger partial charge >= 0.3 is 0 Å². The van der Waals surface area contributed by atoms with Crippen LogP contribution in [0, 0.1) is 4.64 Å². The molecule has 116 valence electrons. The molecule has 0 bridgehead atoms. The summed E-state index contributed by atoms with van der Waals surface area (Å²) >= 11 is 6.53. The van der Waals surface area contributed by atoms with Gasteiger partial charge in [-0.25, -0.2) is 4.98 Å². The lowest BCUT2D eigenvalue weighted by Gasteiger charge is -2.25. The highest BCUT2D eigenvalue weighted by Gasteiger charge is 2.14. The molecular formula is C14H16N4O2S2. The number of carbonyl (C=O) groups excluding carboxylic acids is 1. The maximum atomic E-state index is 12.2. The molecule has 2 N–H and O–H groups in total. The summed E-state index contributed by atoms with van der Waals surface area (Å²) < 4.78 is 5.75. The summed E-state index contributed by atoms with van der Waals surface area (Å²) in [5.74, 6) is -0.242. The van der Waals surface area contributed by atoms with Gasteiger partial charge in [-0.15, -0.1) is 11.3 Å².